The first-order chi connectivity index (χ1) is 11.1. The molecule has 0 radical (unpaired) electrons. The summed E-state index contributed by atoms with van der Waals surface area (Å²) in [5.74, 6) is -1.16. The lowest BCUT2D eigenvalue weighted by Crippen LogP contribution is -2.03. The Morgan fingerprint density at radius 3 is 3.00 bits per heavy atom. The molecule has 3 N–H and O–H groups in total. The number of aliphatic hydroxyl groups is 1. The smallest absolute Gasteiger partial charge is 0.215 e. The van der Waals surface area contributed by atoms with Crippen molar-refractivity contribution in [2.75, 3.05) is 0 Å². The SMILES string of the molecule is O=C(C=C(O)c1nc[nH]n1)c1[nH]ncc1Cc1cccc(F)c1. The third-order valence-corrected chi connectivity index (χ3v) is 3.16. The number of hydrogen-bond donors (Lipinski definition) is 3. The summed E-state index contributed by atoms with van der Waals surface area (Å²) in [6.45, 7) is 0. The van der Waals surface area contributed by atoms with Crippen molar-refractivity contribution in [3.63, 3.8) is 0 Å². The van der Waals surface area contributed by atoms with Gasteiger partial charge in [-0.25, -0.2) is 9.37 Å². The number of nitrogens with one attached hydrogen (secondary N) is 2. The van der Waals surface area contributed by atoms with Crippen molar-refractivity contribution in [3.05, 3.63) is 71.3 Å². The number of rotatable bonds is 5. The lowest BCUT2D eigenvalue weighted by Gasteiger charge is -2.02. The minimum Gasteiger partial charge on any atom is -0.504 e. The molecule has 3 rings (SSSR count). The molecule has 0 aliphatic heterocycles. The molecule has 0 saturated carbocycles. The predicted octanol–water partition coefficient (Wildman–Crippen LogP) is 2.04. The van der Waals surface area contributed by atoms with Crippen molar-refractivity contribution in [1.29, 1.82) is 0 Å². The number of ketones is 1. The molecule has 1 aromatic carbocycles. The molecule has 0 atom stereocenters. The maximum Gasteiger partial charge on any atom is 0.215 e. The highest BCUT2D eigenvalue weighted by atomic mass is 19.1. The van der Waals surface area contributed by atoms with Crippen LogP contribution in [0, 0.1) is 5.82 Å². The number of benzene rings is 1. The van der Waals surface area contributed by atoms with E-state index in [0.717, 1.165) is 6.08 Å². The van der Waals surface area contributed by atoms with E-state index in [4.69, 9.17) is 0 Å². The van der Waals surface area contributed by atoms with Gasteiger partial charge in [-0.15, -0.1) is 0 Å². The summed E-state index contributed by atoms with van der Waals surface area (Å²) in [7, 11) is 0. The largest absolute Gasteiger partial charge is 0.504 e. The molecule has 0 saturated heterocycles. The number of allylic oxidation sites excluding steroid dienone is 1. The molecule has 3 aromatic rings. The monoisotopic (exact) mass is 313 g/mol. The van der Waals surface area contributed by atoms with Gasteiger partial charge >= 0.3 is 0 Å². The van der Waals surface area contributed by atoms with Crippen LogP contribution in [0.3, 0.4) is 0 Å². The van der Waals surface area contributed by atoms with Crippen LogP contribution in [-0.4, -0.2) is 36.3 Å². The Labute approximate surface area is 129 Å². The van der Waals surface area contributed by atoms with E-state index in [1.165, 1.54) is 24.7 Å². The average molecular weight is 313 g/mol. The van der Waals surface area contributed by atoms with E-state index in [9.17, 15) is 14.3 Å². The summed E-state index contributed by atoms with van der Waals surface area (Å²) in [4.78, 5) is 16.0. The van der Waals surface area contributed by atoms with E-state index >= 15 is 0 Å². The first kappa shape index (κ1) is 14.6. The minimum atomic E-state index is -0.476. The topological polar surface area (TPSA) is 108 Å². The van der Waals surface area contributed by atoms with Gasteiger partial charge in [0.1, 0.15) is 17.8 Å². The maximum absolute atomic E-state index is 13.2. The number of carbonyl (C=O) groups is 1. The van der Waals surface area contributed by atoms with Crippen molar-refractivity contribution in [3.8, 4) is 0 Å². The summed E-state index contributed by atoms with van der Waals surface area (Å²) in [5.41, 5.74) is 1.53. The molecule has 0 spiro atoms. The fourth-order valence-electron chi connectivity index (χ4n) is 2.12. The summed E-state index contributed by atoms with van der Waals surface area (Å²) < 4.78 is 13.2. The number of nitrogens with zero attached hydrogens (tertiary/aromatic N) is 3. The second-order valence-electron chi connectivity index (χ2n) is 4.79. The Hall–Kier alpha value is -3.29. The van der Waals surface area contributed by atoms with Gasteiger partial charge in [0.05, 0.1) is 6.20 Å². The molecule has 0 aliphatic rings. The zero-order chi connectivity index (χ0) is 16.2. The van der Waals surface area contributed by atoms with Crippen molar-refractivity contribution in [2.24, 2.45) is 0 Å². The number of aromatic amines is 2. The highest BCUT2D eigenvalue weighted by molar-refractivity contribution is 6.07. The van der Waals surface area contributed by atoms with E-state index in [1.54, 1.807) is 12.1 Å². The highest BCUT2D eigenvalue weighted by Gasteiger charge is 2.15. The molecular weight excluding hydrogens is 301 g/mol. The van der Waals surface area contributed by atoms with Gasteiger partial charge in [0.15, 0.2) is 5.76 Å². The van der Waals surface area contributed by atoms with E-state index in [-0.39, 0.29) is 23.1 Å². The van der Waals surface area contributed by atoms with E-state index in [2.05, 4.69) is 25.4 Å². The first-order valence-corrected chi connectivity index (χ1v) is 6.71. The Morgan fingerprint density at radius 1 is 1.39 bits per heavy atom. The van der Waals surface area contributed by atoms with E-state index < -0.39 is 5.78 Å². The van der Waals surface area contributed by atoms with Gasteiger partial charge in [-0.05, 0) is 17.7 Å². The van der Waals surface area contributed by atoms with Crippen molar-refractivity contribution in [2.45, 2.75) is 6.42 Å². The number of H-pyrrole nitrogens is 2. The van der Waals surface area contributed by atoms with Gasteiger partial charge in [-0.2, -0.15) is 10.2 Å². The van der Waals surface area contributed by atoms with Gasteiger partial charge < -0.3 is 5.11 Å². The van der Waals surface area contributed by atoms with Gasteiger partial charge in [0.25, 0.3) is 0 Å². The predicted molar refractivity (Wildman–Crippen MR) is 79.1 cm³/mol. The molecule has 0 bridgehead atoms. The van der Waals surface area contributed by atoms with Gasteiger partial charge in [-0.1, -0.05) is 12.1 Å². The van der Waals surface area contributed by atoms with Crippen LogP contribution in [0.25, 0.3) is 5.76 Å². The molecule has 7 nitrogen and oxygen atoms in total. The van der Waals surface area contributed by atoms with E-state index in [0.29, 0.717) is 17.5 Å². The molecule has 0 fully saturated rings. The summed E-state index contributed by atoms with van der Waals surface area (Å²) in [6, 6.07) is 6.09. The quantitative estimate of drug-likeness (QED) is 0.379. The van der Waals surface area contributed by atoms with Crippen LogP contribution in [0.15, 0.2) is 42.9 Å². The minimum absolute atomic E-state index is 0.0181. The normalized spacial score (nSPS) is 11.6. The number of aromatic nitrogens is 5. The van der Waals surface area contributed by atoms with Crippen molar-refractivity contribution < 1.29 is 14.3 Å². The molecular formula is C15H12FN5O2. The fourth-order valence-corrected chi connectivity index (χ4v) is 2.12. The molecule has 23 heavy (non-hydrogen) atoms. The summed E-state index contributed by atoms with van der Waals surface area (Å²) in [5, 5.41) is 22.4. The number of halogens is 1. The van der Waals surface area contributed by atoms with Crippen molar-refractivity contribution in [1.82, 2.24) is 25.4 Å². The molecule has 116 valence electrons. The zero-order valence-electron chi connectivity index (χ0n) is 11.8. The molecule has 2 aromatic heterocycles. The third-order valence-electron chi connectivity index (χ3n) is 3.16. The molecule has 0 amide bonds. The summed E-state index contributed by atoms with van der Waals surface area (Å²) >= 11 is 0. The Morgan fingerprint density at radius 2 is 2.26 bits per heavy atom. The van der Waals surface area contributed by atoms with Crippen LogP contribution < -0.4 is 0 Å². The Bertz CT molecular complexity index is 854. The standard InChI is InChI=1S/C15H12FN5O2/c16-11-3-1-2-9(5-11)4-10-7-18-20-14(10)12(22)6-13(23)15-17-8-19-21-15/h1-3,5-8,23H,4H2,(H,18,20)(H,17,19,21). The third kappa shape index (κ3) is 3.31. The van der Waals surface area contributed by atoms with Gasteiger partial charge in [0, 0.05) is 18.1 Å². The van der Waals surface area contributed by atoms with Crippen LogP contribution in [0.5, 0.6) is 0 Å². The molecule has 0 aliphatic carbocycles. The number of aliphatic hydroxyl groups excluding tert-OH is 1. The average Bonchev–Trinajstić information content (AvgIpc) is 3.18. The number of hydrogen-bond acceptors (Lipinski definition) is 5. The first-order valence-electron chi connectivity index (χ1n) is 6.71. The molecule has 8 heteroatoms. The fraction of sp³-hybridized carbons (Fsp3) is 0.0667. The maximum atomic E-state index is 13.2. The van der Waals surface area contributed by atoms with Crippen LogP contribution >= 0.6 is 0 Å². The van der Waals surface area contributed by atoms with Crippen LogP contribution in [0.4, 0.5) is 4.39 Å². The second kappa shape index (κ2) is 6.22. The van der Waals surface area contributed by atoms with Crippen LogP contribution in [0.1, 0.15) is 27.4 Å². The Balaban J connectivity index is 1.83. The molecule has 0 unspecified atom stereocenters. The lowest BCUT2D eigenvalue weighted by molar-refractivity contribution is 0.104. The van der Waals surface area contributed by atoms with Crippen LogP contribution in [-0.2, 0) is 6.42 Å². The van der Waals surface area contributed by atoms with Gasteiger partial charge in [0.2, 0.25) is 11.6 Å². The number of carbonyl (C=O) groups excluding carboxylic acids is 1. The zero-order valence-corrected chi connectivity index (χ0v) is 11.8. The second-order valence-corrected chi connectivity index (χ2v) is 4.79. The van der Waals surface area contributed by atoms with Gasteiger partial charge in [-0.3, -0.25) is 15.0 Å². The lowest BCUT2D eigenvalue weighted by atomic mass is 10.0. The highest BCUT2D eigenvalue weighted by Crippen LogP contribution is 2.15. The molecule has 2 heterocycles. The summed E-state index contributed by atoms with van der Waals surface area (Å²) in [6.07, 6.45) is 4.13. The van der Waals surface area contributed by atoms with E-state index in [1.807, 2.05) is 0 Å². The van der Waals surface area contributed by atoms with Crippen molar-refractivity contribution >= 4 is 11.5 Å². The Kier molecular flexibility index (Phi) is 3.96. The van der Waals surface area contributed by atoms with Crippen LogP contribution in [0.2, 0.25) is 0 Å².